The minimum Gasteiger partial charge on any atom is -0.481 e. The van der Waals surface area contributed by atoms with Gasteiger partial charge in [0.25, 0.3) is 0 Å². The Morgan fingerprint density at radius 2 is 2.00 bits per heavy atom. The van der Waals surface area contributed by atoms with Crippen LogP contribution in [-0.2, 0) is 19.1 Å². The molecule has 0 radical (unpaired) electrons. The molecule has 108 valence electrons. The molecule has 1 heterocycles. The topological polar surface area (TPSA) is 76.1 Å². The summed E-state index contributed by atoms with van der Waals surface area (Å²) < 4.78 is 10.0. The van der Waals surface area contributed by atoms with Crippen LogP contribution in [0.15, 0.2) is 0 Å². The summed E-state index contributed by atoms with van der Waals surface area (Å²) in [5.74, 6) is -0.692. The Morgan fingerprint density at radius 3 is 2.58 bits per heavy atom. The molecule has 6 heteroatoms. The molecule has 2 rings (SSSR count). The van der Waals surface area contributed by atoms with Gasteiger partial charge in [-0.2, -0.15) is 0 Å². The highest BCUT2D eigenvalue weighted by Crippen LogP contribution is 2.44. The zero-order valence-corrected chi connectivity index (χ0v) is 11.2. The standard InChI is InChI=1S/C13H21NO5/c1-18-4-5-19-8-12(15)14-6-10(9-2-3-9)11(7-14)13(16)17/h9-11H,2-8H2,1H3,(H,16,17)/t10-,11+/m1/s1. The summed E-state index contributed by atoms with van der Waals surface area (Å²) in [7, 11) is 1.57. The summed E-state index contributed by atoms with van der Waals surface area (Å²) in [5, 5.41) is 9.22. The van der Waals surface area contributed by atoms with Gasteiger partial charge in [0.05, 0.1) is 19.1 Å². The molecule has 1 aliphatic heterocycles. The predicted molar refractivity (Wildman–Crippen MR) is 66.6 cm³/mol. The van der Waals surface area contributed by atoms with Gasteiger partial charge in [-0.15, -0.1) is 0 Å². The van der Waals surface area contributed by atoms with Crippen molar-refractivity contribution >= 4 is 11.9 Å². The van der Waals surface area contributed by atoms with Gasteiger partial charge in [-0.05, 0) is 24.7 Å². The molecule has 1 saturated carbocycles. The normalized spacial score (nSPS) is 26.7. The summed E-state index contributed by atoms with van der Waals surface area (Å²) in [6, 6.07) is 0. The zero-order valence-electron chi connectivity index (χ0n) is 11.2. The predicted octanol–water partition coefficient (Wildman–Crippen LogP) is 0.219. The number of hydrogen-bond donors (Lipinski definition) is 1. The van der Waals surface area contributed by atoms with Gasteiger partial charge < -0.3 is 19.5 Å². The van der Waals surface area contributed by atoms with Crippen molar-refractivity contribution in [2.45, 2.75) is 12.8 Å². The number of carbonyl (C=O) groups excluding carboxylic acids is 1. The number of aliphatic carboxylic acids is 1. The molecule has 2 aliphatic rings. The summed E-state index contributed by atoms with van der Waals surface area (Å²) in [5.41, 5.74) is 0. The molecule has 1 amide bonds. The Labute approximate surface area is 112 Å². The van der Waals surface area contributed by atoms with E-state index in [0.717, 1.165) is 12.8 Å². The van der Waals surface area contributed by atoms with Gasteiger partial charge in [0.15, 0.2) is 0 Å². The highest BCUT2D eigenvalue weighted by molar-refractivity contribution is 5.80. The Balaban J connectivity index is 1.81. The molecule has 1 N–H and O–H groups in total. The van der Waals surface area contributed by atoms with Crippen molar-refractivity contribution in [2.24, 2.45) is 17.8 Å². The van der Waals surface area contributed by atoms with Gasteiger partial charge >= 0.3 is 5.97 Å². The van der Waals surface area contributed by atoms with E-state index < -0.39 is 11.9 Å². The van der Waals surface area contributed by atoms with Gasteiger partial charge in [0.1, 0.15) is 6.61 Å². The van der Waals surface area contributed by atoms with E-state index in [4.69, 9.17) is 9.47 Å². The highest BCUT2D eigenvalue weighted by atomic mass is 16.5. The van der Waals surface area contributed by atoms with Crippen molar-refractivity contribution in [3.8, 4) is 0 Å². The molecule has 0 bridgehead atoms. The maximum atomic E-state index is 11.9. The number of carbonyl (C=O) groups is 2. The number of likely N-dealkylation sites (tertiary alicyclic amines) is 1. The number of carboxylic acid groups (broad SMARTS) is 1. The fourth-order valence-corrected chi connectivity index (χ4v) is 2.69. The number of hydrogen-bond acceptors (Lipinski definition) is 4. The molecular weight excluding hydrogens is 250 g/mol. The summed E-state index contributed by atoms with van der Waals surface area (Å²) in [4.78, 5) is 24.8. The average molecular weight is 271 g/mol. The minimum atomic E-state index is -0.785. The van der Waals surface area contributed by atoms with E-state index in [0.29, 0.717) is 32.2 Å². The van der Waals surface area contributed by atoms with Crippen LogP contribution in [-0.4, -0.2) is 61.9 Å². The summed E-state index contributed by atoms with van der Waals surface area (Å²) in [6.45, 7) is 1.73. The van der Waals surface area contributed by atoms with Gasteiger partial charge in [0, 0.05) is 20.2 Å². The van der Waals surface area contributed by atoms with E-state index in [1.165, 1.54) is 0 Å². The fraction of sp³-hybridized carbons (Fsp3) is 0.846. The van der Waals surface area contributed by atoms with Crippen LogP contribution in [0.1, 0.15) is 12.8 Å². The van der Waals surface area contributed by atoms with Crippen LogP contribution >= 0.6 is 0 Å². The second kappa shape index (κ2) is 6.34. The first-order valence-corrected chi connectivity index (χ1v) is 6.70. The molecule has 2 atom stereocenters. The quantitative estimate of drug-likeness (QED) is 0.670. The van der Waals surface area contributed by atoms with Gasteiger partial charge in [-0.25, -0.2) is 0 Å². The van der Waals surface area contributed by atoms with Crippen molar-refractivity contribution in [1.82, 2.24) is 4.90 Å². The Hall–Kier alpha value is -1.14. The molecule has 19 heavy (non-hydrogen) atoms. The van der Waals surface area contributed by atoms with E-state index in [1.54, 1.807) is 12.0 Å². The van der Waals surface area contributed by atoms with Crippen molar-refractivity contribution in [3.05, 3.63) is 0 Å². The Morgan fingerprint density at radius 1 is 1.26 bits per heavy atom. The third-order valence-electron chi connectivity index (χ3n) is 3.92. The highest BCUT2D eigenvalue weighted by Gasteiger charge is 2.46. The van der Waals surface area contributed by atoms with E-state index in [9.17, 15) is 14.7 Å². The molecule has 6 nitrogen and oxygen atoms in total. The molecule has 0 unspecified atom stereocenters. The monoisotopic (exact) mass is 271 g/mol. The number of rotatable bonds is 7. The second-order valence-corrected chi connectivity index (χ2v) is 5.29. The van der Waals surface area contributed by atoms with Gasteiger partial charge in [-0.1, -0.05) is 0 Å². The van der Waals surface area contributed by atoms with Gasteiger partial charge in [-0.3, -0.25) is 9.59 Å². The number of methoxy groups -OCH3 is 1. The van der Waals surface area contributed by atoms with Crippen molar-refractivity contribution in [1.29, 1.82) is 0 Å². The van der Waals surface area contributed by atoms with Crippen LogP contribution in [0, 0.1) is 17.8 Å². The van der Waals surface area contributed by atoms with E-state index in [-0.39, 0.29) is 18.4 Å². The maximum Gasteiger partial charge on any atom is 0.308 e. The van der Waals surface area contributed by atoms with E-state index >= 15 is 0 Å². The van der Waals surface area contributed by atoms with Crippen molar-refractivity contribution in [2.75, 3.05) is 40.0 Å². The molecule has 1 saturated heterocycles. The molecular formula is C13H21NO5. The smallest absolute Gasteiger partial charge is 0.308 e. The van der Waals surface area contributed by atoms with Crippen molar-refractivity contribution in [3.63, 3.8) is 0 Å². The number of nitrogens with zero attached hydrogens (tertiary/aromatic N) is 1. The van der Waals surface area contributed by atoms with Crippen LogP contribution in [0.4, 0.5) is 0 Å². The van der Waals surface area contributed by atoms with Crippen LogP contribution in [0.5, 0.6) is 0 Å². The summed E-state index contributed by atoms with van der Waals surface area (Å²) in [6.07, 6.45) is 2.20. The lowest BCUT2D eigenvalue weighted by Crippen LogP contribution is -2.33. The minimum absolute atomic E-state index is 0.00703. The SMILES string of the molecule is COCCOCC(=O)N1C[C@H](C(=O)O)[C@@H](C2CC2)C1. The maximum absolute atomic E-state index is 11.9. The third-order valence-corrected chi connectivity index (χ3v) is 3.92. The molecule has 1 aliphatic carbocycles. The Kier molecular flexibility index (Phi) is 4.76. The van der Waals surface area contributed by atoms with Crippen LogP contribution in [0.2, 0.25) is 0 Å². The molecule has 0 aromatic heterocycles. The second-order valence-electron chi connectivity index (χ2n) is 5.29. The largest absolute Gasteiger partial charge is 0.481 e. The number of carboxylic acids is 1. The van der Waals surface area contributed by atoms with Crippen LogP contribution < -0.4 is 0 Å². The number of ether oxygens (including phenoxy) is 2. The van der Waals surface area contributed by atoms with E-state index in [2.05, 4.69) is 0 Å². The average Bonchev–Trinajstić information content (AvgIpc) is 3.12. The first-order valence-electron chi connectivity index (χ1n) is 6.70. The summed E-state index contributed by atoms with van der Waals surface area (Å²) >= 11 is 0. The molecule has 2 fully saturated rings. The lowest BCUT2D eigenvalue weighted by molar-refractivity contribution is -0.143. The lowest BCUT2D eigenvalue weighted by Gasteiger charge is -2.16. The lowest BCUT2D eigenvalue weighted by atomic mass is 9.92. The molecule has 0 aromatic rings. The van der Waals surface area contributed by atoms with Gasteiger partial charge in [0.2, 0.25) is 5.91 Å². The zero-order chi connectivity index (χ0) is 13.8. The van der Waals surface area contributed by atoms with Crippen molar-refractivity contribution < 1.29 is 24.2 Å². The van der Waals surface area contributed by atoms with E-state index in [1.807, 2.05) is 0 Å². The molecule has 0 spiro atoms. The first kappa shape index (κ1) is 14.3. The fourth-order valence-electron chi connectivity index (χ4n) is 2.69. The van der Waals surface area contributed by atoms with Crippen LogP contribution in [0.3, 0.4) is 0 Å². The molecule has 0 aromatic carbocycles. The first-order chi connectivity index (χ1) is 9.13. The van der Waals surface area contributed by atoms with Crippen LogP contribution in [0.25, 0.3) is 0 Å². The number of amides is 1. The third kappa shape index (κ3) is 3.67. The Bertz CT molecular complexity index is 342.